The molecule has 6 heteroatoms. The van der Waals surface area contributed by atoms with Gasteiger partial charge in [0.2, 0.25) is 5.91 Å². The van der Waals surface area contributed by atoms with Crippen LogP contribution in [0.15, 0.2) is 36.5 Å². The third kappa shape index (κ3) is 3.27. The molecule has 0 N–H and O–H groups in total. The molecule has 128 valence electrons. The van der Waals surface area contributed by atoms with Crippen molar-refractivity contribution in [2.75, 3.05) is 19.6 Å². The van der Waals surface area contributed by atoms with Gasteiger partial charge in [-0.3, -0.25) is 9.78 Å². The molecule has 1 aromatic rings. The Morgan fingerprint density at radius 1 is 1.33 bits per heavy atom. The fourth-order valence-corrected chi connectivity index (χ4v) is 3.24. The number of hydrogen-bond acceptors (Lipinski definition) is 4. The van der Waals surface area contributed by atoms with Crippen LogP contribution in [0.5, 0.6) is 0 Å². The number of nitrogens with zero attached hydrogens (tertiary/aromatic N) is 3. The number of amides is 2. The molecule has 2 aliphatic rings. The lowest BCUT2D eigenvalue weighted by molar-refractivity contribution is -0.131. The second-order valence-corrected chi connectivity index (χ2v) is 7.33. The van der Waals surface area contributed by atoms with Gasteiger partial charge in [0.15, 0.2) is 0 Å². The van der Waals surface area contributed by atoms with E-state index in [0.717, 1.165) is 5.69 Å². The Balaban J connectivity index is 1.82. The van der Waals surface area contributed by atoms with Crippen LogP contribution in [-0.2, 0) is 16.0 Å². The van der Waals surface area contributed by atoms with Gasteiger partial charge in [-0.25, -0.2) is 4.79 Å². The number of pyridine rings is 1. The summed E-state index contributed by atoms with van der Waals surface area (Å²) < 4.78 is 5.49. The normalized spacial score (nSPS) is 23.4. The fourth-order valence-electron chi connectivity index (χ4n) is 3.24. The van der Waals surface area contributed by atoms with Crippen LogP contribution >= 0.6 is 0 Å². The quantitative estimate of drug-likeness (QED) is 0.833. The van der Waals surface area contributed by atoms with Crippen LogP contribution in [0.1, 0.15) is 26.5 Å². The SMILES string of the molecule is CC(C)(C)OC(=O)N1CCN2C(=O)C=CC2(Cc2ccccn2)C1. The first-order chi connectivity index (χ1) is 11.3. The highest BCUT2D eigenvalue weighted by Crippen LogP contribution is 2.32. The van der Waals surface area contributed by atoms with Gasteiger partial charge >= 0.3 is 6.09 Å². The monoisotopic (exact) mass is 329 g/mol. The van der Waals surface area contributed by atoms with Crippen LogP contribution in [0.2, 0.25) is 0 Å². The van der Waals surface area contributed by atoms with E-state index in [4.69, 9.17) is 4.74 Å². The zero-order chi connectivity index (χ0) is 17.4. The lowest BCUT2D eigenvalue weighted by atomic mass is 9.90. The first-order valence-electron chi connectivity index (χ1n) is 8.18. The number of ether oxygens (including phenoxy) is 1. The van der Waals surface area contributed by atoms with Crippen LogP contribution in [-0.4, -0.2) is 57.6 Å². The molecule has 0 saturated carbocycles. The van der Waals surface area contributed by atoms with Gasteiger partial charge in [0.05, 0.1) is 12.1 Å². The van der Waals surface area contributed by atoms with E-state index >= 15 is 0 Å². The standard InChI is InChI=1S/C18H23N3O3/c1-17(2,3)24-16(23)20-10-11-21-15(22)7-8-18(21,13-20)12-14-6-4-5-9-19-14/h4-9H,10-13H2,1-3H3. The van der Waals surface area contributed by atoms with Gasteiger partial charge in [-0.2, -0.15) is 0 Å². The summed E-state index contributed by atoms with van der Waals surface area (Å²) in [5.74, 6) is -0.00484. The third-order valence-corrected chi connectivity index (χ3v) is 4.26. The molecule has 3 rings (SSSR count). The minimum Gasteiger partial charge on any atom is -0.444 e. The molecule has 1 atom stereocenters. The Morgan fingerprint density at radius 3 is 2.79 bits per heavy atom. The Kier molecular flexibility index (Phi) is 4.07. The zero-order valence-corrected chi connectivity index (χ0v) is 14.4. The van der Waals surface area contributed by atoms with E-state index in [1.807, 2.05) is 49.9 Å². The largest absolute Gasteiger partial charge is 0.444 e. The molecule has 6 nitrogen and oxygen atoms in total. The summed E-state index contributed by atoms with van der Waals surface area (Å²) in [4.78, 5) is 32.5. The van der Waals surface area contributed by atoms with E-state index < -0.39 is 11.1 Å². The van der Waals surface area contributed by atoms with E-state index in [0.29, 0.717) is 26.1 Å². The van der Waals surface area contributed by atoms with Crippen molar-refractivity contribution < 1.29 is 14.3 Å². The summed E-state index contributed by atoms with van der Waals surface area (Å²) in [6.45, 7) is 6.95. The lowest BCUT2D eigenvalue weighted by Crippen LogP contribution is -2.63. The van der Waals surface area contributed by atoms with Crippen LogP contribution in [0.4, 0.5) is 4.79 Å². The van der Waals surface area contributed by atoms with Crippen LogP contribution in [0.3, 0.4) is 0 Å². The van der Waals surface area contributed by atoms with Crippen LogP contribution in [0.25, 0.3) is 0 Å². The number of aromatic nitrogens is 1. The summed E-state index contributed by atoms with van der Waals surface area (Å²) >= 11 is 0. The van der Waals surface area contributed by atoms with Crippen molar-refractivity contribution >= 4 is 12.0 Å². The number of carbonyl (C=O) groups excluding carboxylic acids is 2. The van der Waals surface area contributed by atoms with Crippen molar-refractivity contribution in [3.63, 3.8) is 0 Å². The summed E-state index contributed by atoms with van der Waals surface area (Å²) in [6.07, 6.45) is 5.48. The van der Waals surface area contributed by atoms with Gasteiger partial charge in [0.25, 0.3) is 0 Å². The third-order valence-electron chi connectivity index (χ3n) is 4.26. The second-order valence-electron chi connectivity index (χ2n) is 7.33. The van der Waals surface area contributed by atoms with E-state index in [-0.39, 0.29) is 12.0 Å². The van der Waals surface area contributed by atoms with Crippen molar-refractivity contribution in [3.05, 3.63) is 42.2 Å². The van der Waals surface area contributed by atoms with Crippen molar-refractivity contribution in [1.29, 1.82) is 0 Å². The molecule has 2 amide bonds. The molecule has 1 unspecified atom stereocenters. The highest BCUT2D eigenvalue weighted by molar-refractivity contribution is 5.92. The molecule has 0 aliphatic carbocycles. The van der Waals surface area contributed by atoms with Gasteiger partial charge < -0.3 is 14.5 Å². The number of fused-ring (bicyclic) bond motifs is 1. The Bertz CT molecular complexity index is 666. The second kappa shape index (κ2) is 5.92. The molecule has 24 heavy (non-hydrogen) atoms. The molecular weight excluding hydrogens is 306 g/mol. The highest BCUT2D eigenvalue weighted by atomic mass is 16.6. The molecular formula is C18H23N3O3. The first kappa shape index (κ1) is 16.5. The van der Waals surface area contributed by atoms with Crippen molar-refractivity contribution in [1.82, 2.24) is 14.8 Å². The summed E-state index contributed by atoms with van der Waals surface area (Å²) in [5.41, 5.74) is -0.183. The first-order valence-corrected chi connectivity index (χ1v) is 8.18. The lowest BCUT2D eigenvalue weighted by Gasteiger charge is -2.46. The van der Waals surface area contributed by atoms with Gasteiger partial charge in [-0.15, -0.1) is 0 Å². The average Bonchev–Trinajstić information content (AvgIpc) is 2.83. The van der Waals surface area contributed by atoms with Crippen molar-refractivity contribution in [2.24, 2.45) is 0 Å². The maximum atomic E-state index is 12.4. The zero-order valence-electron chi connectivity index (χ0n) is 14.4. The topological polar surface area (TPSA) is 62.7 Å². The molecule has 0 radical (unpaired) electrons. The highest BCUT2D eigenvalue weighted by Gasteiger charge is 2.47. The number of hydrogen-bond donors (Lipinski definition) is 0. The van der Waals surface area contributed by atoms with Crippen LogP contribution < -0.4 is 0 Å². The number of rotatable bonds is 2. The molecule has 0 aromatic carbocycles. The Morgan fingerprint density at radius 2 is 2.12 bits per heavy atom. The molecule has 0 spiro atoms. The Hall–Kier alpha value is -2.37. The molecule has 1 fully saturated rings. The molecule has 1 aromatic heterocycles. The smallest absolute Gasteiger partial charge is 0.410 e. The van der Waals surface area contributed by atoms with E-state index in [2.05, 4.69) is 4.98 Å². The van der Waals surface area contributed by atoms with E-state index in [1.54, 1.807) is 17.2 Å². The molecule has 0 bridgehead atoms. The maximum Gasteiger partial charge on any atom is 0.410 e. The summed E-state index contributed by atoms with van der Waals surface area (Å²) in [6, 6.07) is 5.73. The molecule has 2 aliphatic heterocycles. The van der Waals surface area contributed by atoms with Gasteiger partial charge in [-0.05, 0) is 32.9 Å². The van der Waals surface area contributed by atoms with E-state index in [9.17, 15) is 9.59 Å². The summed E-state index contributed by atoms with van der Waals surface area (Å²) in [5, 5.41) is 0. The molecule has 1 saturated heterocycles. The number of piperazine rings is 1. The van der Waals surface area contributed by atoms with E-state index in [1.165, 1.54) is 0 Å². The summed E-state index contributed by atoms with van der Waals surface area (Å²) in [7, 11) is 0. The van der Waals surface area contributed by atoms with Crippen molar-refractivity contribution in [2.45, 2.75) is 38.3 Å². The van der Waals surface area contributed by atoms with Crippen LogP contribution in [0, 0.1) is 0 Å². The Labute approximate surface area is 142 Å². The van der Waals surface area contributed by atoms with Gasteiger partial charge in [-0.1, -0.05) is 12.1 Å². The van der Waals surface area contributed by atoms with Gasteiger partial charge in [0, 0.05) is 37.5 Å². The predicted molar refractivity (Wildman–Crippen MR) is 89.3 cm³/mol. The minimum absolute atomic E-state index is 0.00484. The number of carbonyl (C=O) groups is 2. The minimum atomic E-state index is -0.541. The maximum absolute atomic E-state index is 12.4. The predicted octanol–water partition coefficient (Wildman–Crippen LogP) is 2.01. The van der Waals surface area contributed by atoms with Crippen molar-refractivity contribution in [3.8, 4) is 0 Å². The average molecular weight is 329 g/mol. The van der Waals surface area contributed by atoms with Gasteiger partial charge in [0.1, 0.15) is 5.60 Å². The molecule has 3 heterocycles. The fraction of sp³-hybridized carbons (Fsp3) is 0.500.